The SMILES string of the molecule is CC1=C[C@]23C(=O)[C@@H](C=C(CO)[C@@H](O)[C@]2(O)[C@H]1OC(=O)CCc1ccccc1)[C@H]1[C@@H](C[C@H]3C)C1(C)C. The number of allylic oxidation sites excluding steroid dienone is 1. The van der Waals surface area contributed by atoms with Gasteiger partial charge in [-0.1, -0.05) is 63.3 Å². The number of aliphatic hydroxyl groups excluding tert-OH is 2. The zero-order valence-electron chi connectivity index (χ0n) is 20.9. The number of aryl methyl sites for hydroxylation is 1. The third-order valence-electron chi connectivity index (χ3n) is 9.61. The number of carbonyl (C=O) groups is 2. The molecule has 0 unspecified atom stereocenters. The van der Waals surface area contributed by atoms with E-state index in [9.17, 15) is 24.9 Å². The van der Waals surface area contributed by atoms with Crippen LogP contribution < -0.4 is 0 Å². The Morgan fingerprint density at radius 1 is 1.20 bits per heavy atom. The number of carbonyl (C=O) groups excluding carboxylic acids is 2. The van der Waals surface area contributed by atoms with Crippen LogP contribution in [0.4, 0.5) is 0 Å². The van der Waals surface area contributed by atoms with Gasteiger partial charge in [-0.25, -0.2) is 0 Å². The molecule has 0 aliphatic heterocycles. The Morgan fingerprint density at radius 3 is 2.54 bits per heavy atom. The van der Waals surface area contributed by atoms with Crippen molar-refractivity contribution < 1.29 is 29.6 Å². The van der Waals surface area contributed by atoms with Gasteiger partial charge in [0.25, 0.3) is 0 Å². The van der Waals surface area contributed by atoms with E-state index in [0.717, 1.165) is 12.0 Å². The Morgan fingerprint density at radius 2 is 1.89 bits per heavy atom. The maximum Gasteiger partial charge on any atom is 0.306 e. The van der Waals surface area contributed by atoms with Gasteiger partial charge in [-0.3, -0.25) is 9.59 Å². The number of esters is 1. The summed E-state index contributed by atoms with van der Waals surface area (Å²) in [5, 5.41) is 34.1. The summed E-state index contributed by atoms with van der Waals surface area (Å²) in [6.45, 7) is 7.54. The van der Waals surface area contributed by atoms with Crippen molar-refractivity contribution in [3.8, 4) is 0 Å². The highest BCUT2D eigenvalue weighted by atomic mass is 16.6. The highest BCUT2D eigenvalue weighted by Gasteiger charge is 2.76. The minimum absolute atomic E-state index is 0.0264. The van der Waals surface area contributed by atoms with Crippen LogP contribution >= 0.6 is 0 Å². The van der Waals surface area contributed by atoms with E-state index in [-0.39, 0.29) is 35.0 Å². The van der Waals surface area contributed by atoms with Gasteiger partial charge in [0.2, 0.25) is 0 Å². The number of hydrogen-bond acceptors (Lipinski definition) is 6. The molecule has 4 aliphatic carbocycles. The maximum absolute atomic E-state index is 14.3. The van der Waals surface area contributed by atoms with Gasteiger partial charge < -0.3 is 20.1 Å². The number of ether oxygens (including phenoxy) is 1. The first-order valence-corrected chi connectivity index (χ1v) is 12.7. The molecule has 1 aromatic rings. The van der Waals surface area contributed by atoms with Gasteiger partial charge in [-0.05, 0) is 59.6 Å². The summed E-state index contributed by atoms with van der Waals surface area (Å²) < 4.78 is 5.86. The standard InChI is InChI=1S/C29H36O6/c1-16-14-28-17(2)12-21-23(27(21,3)4)20(25(28)33)13-19(15-30)24(32)29(28,34)26(16)35-22(31)11-10-18-8-6-5-7-9-18/h5-9,13-14,17,20-21,23-24,26,30,32,34H,10-12,15H2,1-4H3/t17-,20+,21-,23+,24-,26+,28+,29+/m1/s1. The van der Waals surface area contributed by atoms with Crippen LogP contribution in [-0.4, -0.2) is 51.5 Å². The summed E-state index contributed by atoms with van der Waals surface area (Å²) in [7, 11) is 0. The second kappa shape index (κ2) is 8.12. The third kappa shape index (κ3) is 3.26. The van der Waals surface area contributed by atoms with E-state index in [1.165, 1.54) is 0 Å². The molecule has 0 heterocycles. The summed E-state index contributed by atoms with van der Waals surface area (Å²) in [4.78, 5) is 27.2. The molecule has 0 aromatic heterocycles. The molecule has 0 amide bonds. The van der Waals surface area contributed by atoms with Gasteiger partial charge in [-0.2, -0.15) is 0 Å². The Hall–Kier alpha value is -2.28. The van der Waals surface area contributed by atoms with Crippen LogP contribution in [0.3, 0.4) is 0 Å². The lowest BCUT2D eigenvalue weighted by molar-refractivity contribution is -0.203. The summed E-state index contributed by atoms with van der Waals surface area (Å²) in [6.07, 6.45) is 2.06. The number of ketones is 1. The molecule has 6 heteroatoms. The van der Waals surface area contributed by atoms with E-state index >= 15 is 0 Å². The molecule has 6 nitrogen and oxygen atoms in total. The van der Waals surface area contributed by atoms with Crippen molar-refractivity contribution >= 4 is 11.8 Å². The normalized spacial score (nSPS) is 41.1. The highest BCUT2D eigenvalue weighted by Crippen LogP contribution is 2.71. The summed E-state index contributed by atoms with van der Waals surface area (Å²) in [5.41, 5.74) is -1.73. The number of fused-ring (bicyclic) bond motifs is 3. The number of rotatable bonds is 5. The largest absolute Gasteiger partial charge is 0.455 e. The lowest BCUT2D eigenvalue weighted by Gasteiger charge is -2.48. The summed E-state index contributed by atoms with van der Waals surface area (Å²) >= 11 is 0. The van der Waals surface area contributed by atoms with Gasteiger partial charge in [-0.15, -0.1) is 0 Å². The molecular formula is C29H36O6. The van der Waals surface area contributed by atoms with Gasteiger partial charge in [0, 0.05) is 12.3 Å². The molecule has 1 aromatic carbocycles. The molecule has 1 spiro atoms. The lowest BCUT2D eigenvalue weighted by Crippen LogP contribution is -2.65. The second-order valence-electron chi connectivity index (χ2n) is 11.7. The molecule has 0 radical (unpaired) electrons. The topological polar surface area (TPSA) is 104 Å². The van der Waals surface area contributed by atoms with Gasteiger partial charge in [0.15, 0.2) is 17.5 Å². The average Bonchev–Trinajstić information content (AvgIpc) is 3.32. The van der Waals surface area contributed by atoms with Crippen LogP contribution in [0.2, 0.25) is 0 Å². The number of hydrogen-bond donors (Lipinski definition) is 3. The molecule has 8 atom stereocenters. The zero-order valence-corrected chi connectivity index (χ0v) is 20.9. The average molecular weight is 481 g/mol. The van der Waals surface area contributed by atoms with Gasteiger partial charge >= 0.3 is 5.97 Å². The number of aliphatic hydroxyl groups is 3. The molecule has 188 valence electrons. The quantitative estimate of drug-likeness (QED) is 0.442. The molecule has 3 N–H and O–H groups in total. The molecule has 4 aliphatic rings. The molecule has 5 rings (SSSR count). The lowest BCUT2D eigenvalue weighted by atomic mass is 9.59. The van der Waals surface area contributed by atoms with Crippen molar-refractivity contribution in [1.29, 1.82) is 0 Å². The van der Waals surface area contributed by atoms with Gasteiger partial charge in [0.1, 0.15) is 6.10 Å². The monoisotopic (exact) mass is 480 g/mol. The molecular weight excluding hydrogens is 444 g/mol. The van der Waals surface area contributed by atoms with Crippen LogP contribution in [-0.2, 0) is 20.7 Å². The fourth-order valence-corrected chi connectivity index (χ4v) is 7.68. The van der Waals surface area contributed by atoms with Gasteiger partial charge in [0.05, 0.1) is 12.0 Å². The first kappa shape index (κ1) is 24.4. The smallest absolute Gasteiger partial charge is 0.306 e. The van der Waals surface area contributed by atoms with E-state index < -0.39 is 41.7 Å². The van der Waals surface area contributed by atoms with Crippen LogP contribution in [0.1, 0.15) is 46.1 Å². The van der Waals surface area contributed by atoms with Crippen LogP contribution in [0, 0.1) is 34.5 Å². The number of benzene rings is 1. The first-order valence-electron chi connectivity index (χ1n) is 12.7. The minimum Gasteiger partial charge on any atom is -0.455 e. The Labute approximate surface area is 206 Å². The van der Waals surface area contributed by atoms with Crippen LogP contribution in [0.5, 0.6) is 0 Å². The molecule has 2 bridgehead atoms. The zero-order chi connectivity index (χ0) is 25.3. The van der Waals surface area contributed by atoms with Crippen molar-refractivity contribution in [2.24, 2.45) is 34.5 Å². The highest BCUT2D eigenvalue weighted by molar-refractivity contribution is 5.95. The fourth-order valence-electron chi connectivity index (χ4n) is 7.68. The second-order valence-corrected chi connectivity index (χ2v) is 11.7. The Balaban J connectivity index is 1.52. The van der Waals surface area contributed by atoms with Crippen molar-refractivity contribution in [3.05, 3.63) is 59.2 Å². The van der Waals surface area contributed by atoms with Crippen molar-refractivity contribution in [3.63, 3.8) is 0 Å². The van der Waals surface area contributed by atoms with E-state index in [4.69, 9.17) is 4.74 Å². The van der Waals surface area contributed by atoms with Crippen molar-refractivity contribution in [2.45, 2.75) is 64.8 Å². The van der Waals surface area contributed by atoms with Crippen LogP contribution in [0.15, 0.2) is 53.6 Å². The van der Waals surface area contributed by atoms with E-state index in [0.29, 0.717) is 17.9 Å². The minimum atomic E-state index is -2.08. The van der Waals surface area contributed by atoms with Crippen LogP contribution in [0.25, 0.3) is 0 Å². The third-order valence-corrected chi connectivity index (χ3v) is 9.61. The molecule has 0 saturated heterocycles. The first-order chi connectivity index (χ1) is 16.5. The Kier molecular flexibility index (Phi) is 5.66. The van der Waals surface area contributed by atoms with Crippen molar-refractivity contribution in [1.82, 2.24) is 0 Å². The Bertz CT molecular complexity index is 1100. The predicted molar refractivity (Wildman–Crippen MR) is 130 cm³/mol. The van der Waals surface area contributed by atoms with Crippen molar-refractivity contribution in [2.75, 3.05) is 6.61 Å². The van der Waals surface area contributed by atoms with E-state index in [2.05, 4.69) is 13.8 Å². The fraction of sp³-hybridized carbons (Fsp3) is 0.586. The molecule has 2 saturated carbocycles. The van der Waals surface area contributed by atoms with E-state index in [1.807, 2.05) is 37.3 Å². The maximum atomic E-state index is 14.3. The molecule has 2 fully saturated rings. The summed E-state index contributed by atoms with van der Waals surface area (Å²) in [5.74, 6) is -1.03. The molecule has 35 heavy (non-hydrogen) atoms. The van der Waals surface area contributed by atoms with E-state index in [1.54, 1.807) is 19.1 Å². The summed E-state index contributed by atoms with van der Waals surface area (Å²) in [6, 6.07) is 9.59. The predicted octanol–water partition coefficient (Wildman–Crippen LogP) is 3.00. The number of Topliss-reactive ketones (excluding diaryl/α,β-unsaturated/α-hetero) is 1.